The molecule has 1 aliphatic carbocycles. The maximum absolute atomic E-state index is 12.7. The predicted octanol–water partition coefficient (Wildman–Crippen LogP) is 3.42. The van der Waals surface area contributed by atoms with Crippen LogP contribution in [0.1, 0.15) is 37.3 Å². The van der Waals surface area contributed by atoms with Crippen LogP contribution in [0.2, 0.25) is 0 Å². The highest BCUT2D eigenvalue weighted by Crippen LogP contribution is 2.34. The molecule has 0 saturated heterocycles. The van der Waals surface area contributed by atoms with Crippen LogP contribution in [0.3, 0.4) is 0 Å². The Kier molecular flexibility index (Phi) is 7.53. The van der Waals surface area contributed by atoms with Crippen molar-refractivity contribution in [1.82, 2.24) is 0 Å². The van der Waals surface area contributed by atoms with Crippen molar-refractivity contribution in [2.75, 3.05) is 7.11 Å². The molecule has 0 bridgehead atoms. The Balaban J connectivity index is 0.00000242. The largest absolute Gasteiger partial charge is 0.469 e. The highest BCUT2D eigenvalue weighted by Gasteiger charge is 2.38. The Labute approximate surface area is 145 Å². The third-order valence-electron chi connectivity index (χ3n) is 4.17. The first kappa shape index (κ1) is 19.1. The summed E-state index contributed by atoms with van der Waals surface area (Å²) in [6.45, 7) is 0. The number of Topliss-reactive ketones (excluding diaryl/α,β-unsaturated/α-hetero) is 1. The molecule has 3 atom stereocenters. The van der Waals surface area contributed by atoms with E-state index in [2.05, 4.69) is 15.9 Å². The van der Waals surface area contributed by atoms with Crippen LogP contribution in [0.15, 0.2) is 28.7 Å². The van der Waals surface area contributed by atoms with E-state index in [9.17, 15) is 9.59 Å². The molecule has 2 rings (SSSR count). The van der Waals surface area contributed by atoms with Crippen molar-refractivity contribution in [2.24, 2.45) is 17.6 Å². The van der Waals surface area contributed by atoms with Crippen LogP contribution in [-0.2, 0) is 14.3 Å². The quantitative estimate of drug-likeness (QED) is 0.800. The maximum atomic E-state index is 12.7. The summed E-state index contributed by atoms with van der Waals surface area (Å²) in [6, 6.07) is 6.71. The van der Waals surface area contributed by atoms with Gasteiger partial charge in [0.05, 0.1) is 19.1 Å². The Hall–Kier alpha value is -0.910. The zero-order chi connectivity index (χ0) is 15.4. The van der Waals surface area contributed by atoms with Crippen molar-refractivity contribution >= 4 is 40.1 Å². The summed E-state index contributed by atoms with van der Waals surface area (Å²) in [5.74, 6) is -1.04. The van der Waals surface area contributed by atoms with Crippen LogP contribution < -0.4 is 5.73 Å². The summed E-state index contributed by atoms with van der Waals surface area (Å²) in [5, 5.41) is 0. The average Bonchev–Trinajstić information content (AvgIpc) is 2.53. The number of carbonyl (C=O) groups excluding carboxylic acids is 2. The molecule has 1 aromatic rings. The number of carbonyl (C=O) groups is 2. The van der Waals surface area contributed by atoms with Crippen LogP contribution in [0.4, 0.5) is 0 Å². The number of rotatable bonds is 4. The molecule has 0 heterocycles. The summed E-state index contributed by atoms with van der Waals surface area (Å²) >= 11 is 3.36. The second-order valence-corrected chi connectivity index (χ2v) is 6.37. The number of benzene rings is 1. The number of methoxy groups -OCH3 is 1. The van der Waals surface area contributed by atoms with E-state index in [1.54, 1.807) is 0 Å². The fourth-order valence-electron chi connectivity index (χ4n) is 2.97. The Morgan fingerprint density at radius 2 is 1.73 bits per heavy atom. The number of hydrogen-bond donors (Lipinski definition) is 1. The average molecular weight is 391 g/mol. The van der Waals surface area contributed by atoms with Crippen molar-refractivity contribution in [1.29, 1.82) is 0 Å². The molecule has 122 valence electrons. The van der Waals surface area contributed by atoms with Gasteiger partial charge < -0.3 is 10.5 Å². The molecular formula is C16H21BrClNO3. The monoisotopic (exact) mass is 389 g/mol. The Morgan fingerprint density at radius 3 is 2.27 bits per heavy atom. The van der Waals surface area contributed by atoms with Crippen LogP contribution in [-0.4, -0.2) is 18.9 Å². The second kappa shape index (κ2) is 8.65. The lowest BCUT2D eigenvalue weighted by atomic mass is 9.74. The fraction of sp³-hybridized carbons (Fsp3) is 0.500. The maximum Gasteiger partial charge on any atom is 0.309 e. The Bertz CT molecular complexity index is 521. The molecule has 1 aromatic carbocycles. The molecule has 0 aromatic heterocycles. The Morgan fingerprint density at radius 1 is 1.18 bits per heavy atom. The van der Waals surface area contributed by atoms with E-state index in [4.69, 9.17) is 10.5 Å². The van der Waals surface area contributed by atoms with Crippen molar-refractivity contribution in [3.05, 3.63) is 34.3 Å². The van der Waals surface area contributed by atoms with Gasteiger partial charge >= 0.3 is 5.97 Å². The van der Waals surface area contributed by atoms with Gasteiger partial charge in [-0.1, -0.05) is 40.9 Å². The first-order chi connectivity index (χ1) is 10.0. The van der Waals surface area contributed by atoms with E-state index in [1.807, 2.05) is 24.3 Å². The molecular weight excluding hydrogens is 370 g/mol. The van der Waals surface area contributed by atoms with Gasteiger partial charge in [-0.3, -0.25) is 9.59 Å². The van der Waals surface area contributed by atoms with Gasteiger partial charge in [0.2, 0.25) is 0 Å². The third kappa shape index (κ3) is 4.31. The van der Waals surface area contributed by atoms with Gasteiger partial charge in [0.15, 0.2) is 5.78 Å². The van der Waals surface area contributed by atoms with E-state index in [0.29, 0.717) is 12.8 Å². The van der Waals surface area contributed by atoms with Crippen molar-refractivity contribution < 1.29 is 14.3 Å². The number of hydrogen-bond acceptors (Lipinski definition) is 4. The molecule has 0 aliphatic heterocycles. The first-order valence-electron chi connectivity index (χ1n) is 7.17. The van der Waals surface area contributed by atoms with Gasteiger partial charge in [-0.05, 0) is 30.5 Å². The number of ether oxygens (including phenoxy) is 1. The molecule has 0 radical (unpaired) electrons. The molecule has 0 amide bonds. The van der Waals surface area contributed by atoms with Crippen molar-refractivity contribution in [3.63, 3.8) is 0 Å². The number of esters is 1. The van der Waals surface area contributed by atoms with E-state index < -0.39 is 6.04 Å². The summed E-state index contributed by atoms with van der Waals surface area (Å²) in [5.41, 5.74) is 6.88. The molecule has 1 saturated carbocycles. The van der Waals surface area contributed by atoms with Gasteiger partial charge in [0, 0.05) is 10.4 Å². The normalized spacial score (nSPS) is 22.3. The smallest absolute Gasteiger partial charge is 0.309 e. The van der Waals surface area contributed by atoms with Crippen LogP contribution in [0.25, 0.3) is 0 Å². The molecule has 22 heavy (non-hydrogen) atoms. The minimum atomic E-state index is -0.687. The van der Waals surface area contributed by atoms with Crippen LogP contribution in [0.5, 0.6) is 0 Å². The summed E-state index contributed by atoms with van der Waals surface area (Å²) in [6.07, 6.45) is 3.33. The lowest BCUT2D eigenvalue weighted by Crippen LogP contribution is -2.38. The van der Waals surface area contributed by atoms with Gasteiger partial charge in [-0.25, -0.2) is 0 Å². The predicted molar refractivity (Wildman–Crippen MR) is 90.8 cm³/mol. The molecule has 2 N–H and O–H groups in total. The number of ketones is 1. The van der Waals surface area contributed by atoms with Gasteiger partial charge in [0.25, 0.3) is 0 Å². The van der Waals surface area contributed by atoms with E-state index >= 15 is 0 Å². The highest BCUT2D eigenvalue weighted by molar-refractivity contribution is 9.10. The minimum absolute atomic E-state index is 0. The lowest BCUT2D eigenvalue weighted by Gasteiger charge is -2.30. The van der Waals surface area contributed by atoms with E-state index in [0.717, 1.165) is 22.9 Å². The standard InChI is InChI=1S/C16H20BrNO3.ClH/c1-21-16(20)13-5-3-2-4-12(13)15(19)14(18)10-6-8-11(17)9-7-10;/h6-9,12-14H,2-5,18H2,1H3;1H/t12-,13-,14?;/m1./s1. The van der Waals surface area contributed by atoms with Crippen molar-refractivity contribution in [2.45, 2.75) is 31.7 Å². The number of halogens is 2. The van der Waals surface area contributed by atoms with Gasteiger partial charge in [-0.15, -0.1) is 12.4 Å². The zero-order valence-corrected chi connectivity index (χ0v) is 14.9. The summed E-state index contributed by atoms with van der Waals surface area (Å²) in [7, 11) is 1.37. The first-order valence-corrected chi connectivity index (χ1v) is 7.96. The van der Waals surface area contributed by atoms with Gasteiger partial charge in [0.1, 0.15) is 0 Å². The lowest BCUT2D eigenvalue weighted by molar-refractivity contribution is -0.151. The minimum Gasteiger partial charge on any atom is -0.469 e. The van der Waals surface area contributed by atoms with Crippen molar-refractivity contribution in [3.8, 4) is 0 Å². The highest BCUT2D eigenvalue weighted by atomic mass is 79.9. The zero-order valence-electron chi connectivity index (χ0n) is 12.5. The second-order valence-electron chi connectivity index (χ2n) is 5.45. The van der Waals surface area contributed by atoms with Crippen LogP contribution >= 0.6 is 28.3 Å². The van der Waals surface area contributed by atoms with Crippen LogP contribution in [0, 0.1) is 11.8 Å². The van der Waals surface area contributed by atoms with E-state index in [1.165, 1.54) is 7.11 Å². The summed E-state index contributed by atoms with van der Waals surface area (Å²) < 4.78 is 5.77. The van der Waals surface area contributed by atoms with Gasteiger partial charge in [-0.2, -0.15) is 0 Å². The van der Waals surface area contributed by atoms with E-state index in [-0.39, 0.29) is 36.0 Å². The molecule has 1 aliphatic rings. The SMILES string of the molecule is COC(=O)[C@@H]1CCCC[C@H]1C(=O)C(N)c1ccc(Br)cc1.Cl. The fourth-order valence-corrected chi connectivity index (χ4v) is 3.23. The molecule has 6 heteroatoms. The summed E-state index contributed by atoms with van der Waals surface area (Å²) in [4.78, 5) is 24.5. The molecule has 4 nitrogen and oxygen atoms in total. The molecule has 1 fully saturated rings. The molecule has 1 unspecified atom stereocenters. The third-order valence-corrected chi connectivity index (χ3v) is 4.70. The number of nitrogens with two attached hydrogens (primary N) is 1. The molecule has 0 spiro atoms. The topological polar surface area (TPSA) is 69.4 Å².